The molecule has 0 unspecified atom stereocenters. The number of benzene rings is 1. The lowest BCUT2D eigenvalue weighted by molar-refractivity contribution is -0.128. The van der Waals surface area contributed by atoms with E-state index in [1.54, 1.807) is 0 Å². The van der Waals surface area contributed by atoms with Crippen LogP contribution in [0, 0.1) is 11.8 Å². The number of anilines is 1. The number of rotatable bonds is 6. The van der Waals surface area contributed by atoms with Gasteiger partial charge in [-0.1, -0.05) is 31.0 Å². The topological polar surface area (TPSA) is 49.4 Å². The fraction of sp³-hybridized carbons (Fsp3) is 0.579. The number of para-hydroxylation sites is 1. The fourth-order valence-electron chi connectivity index (χ4n) is 3.16. The maximum Gasteiger partial charge on any atom is 0.230 e. The molecule has 0 aromatic heterocycles. The Morgan fingerprint density at radius 2 is 1.70 bits per heavy atom. The maximum atomic E-state index is 12.8. The molecule has 1 aromatic rings. The van der Waals surface area contributed by atoms with Crippen LogP contribution in [0.15, 0.2) is 30.3 Å². The van der Waals surface area contributed by atoms with Gasteiger partial charge in [0.25, 0.3) is 0 Å². The van der Waals surface area contributed by atoms with Gasteiger partial charge < -0.3 is 10.2 Å². The van der Waals surface area contributed by atoms with Crippen LogP contribution in [0.2, 0.25) is 0 Å². The van der Waals surface area contributed by atoms with Gasteiger partial charge in [0.05, 0.1) is 0 Å². The lowest BCUT2D eigenvalue weighted by atomic mass is 9.84. The number of hydrogen-bond donors (Lipinski definition) is 1. The predicted octanol–water partition coefficient (Wildman–Crippen LogP) is 3.12. The third-order valence-corrected chi connectivity index (χ3v) is 5.11. The molecular formula is C19H26N2O2. The van der Waals surface area contributed by atoms with Crippen LogP contribution in [0.4, 0.5) is 5.69 Å². The Balaban J connectivity index is 1.65. The van der Waals surface area contributed by atoms with E-state index in [2.05, 4.69) is 5.32 Å². The molecule has 3 rings (SSSR count). The average Bonchev–Trinajstić information content (AvgIpc) is 2.41. The van der Waals surface area contributed by atoms with Gasteiger partial charge in [0.2, 0.25) is 11.8 Å². The zero-order valence-corrected chi connectivity index (χ0v) is 13.8. The molecule has 0 heterocycles. The first-order valence-electron chi connectivity index (χ1n) is 8.82. The van der Waals surface area contributed by atoms with Gasteiger partial charge >= 0.3 is 0 Å². The van der Waals surface area contributed by atoms with Gasteiger partial charge in [-0.05, 0) is 44.7 Å². The van der Waals surface area contributed by atoms with Crippen LogP contribution in [-0.2, 0) is 9.59 Å². The van der Waals surface area contributed by atoms with Gasteiger partial charge in [-0.3, -0.25) is 9.59 Å². The molecule has 1 N–H and O–H groups in total. The molecule has 23 heavy (non-hydrogen) atoms. The molecule has 4 heteroatoms. The maximum absolute atomic E-state index is 12.8. The Bertz CT molecular complexity index is 550. The zero-order valence-electron chi connectivity index (χ0n) is 13.8. The third-order valence-electron chi connectivity index (χ3n) is 5.11. The van der Waals surface area contributed by atoms with E-state index in [4.69, 9.17) is 0 Å². The zero-order chi connectivity index (χ0) is 16.2. The molecule has 0 aliphatic heterocycles. The van der Waals surface area contributed by atoms with Gasteiger partial charge in [0.1, 0.15) is 0 Å². The summed E-state index contributed by atoms with van der Waals surface area (Å²) in [5.74, 6) is 0.690. The molecular weight excluding hydrogens is 288 g/mol. The van der Waals surface area contributed by atoms with Gasteiger partial charge in [-0.15, -0.1) is 0 Å². The summed E-state index contributed by atoms with van der Waals surface area (Å²) in [6.07, 6.45) is 6.29. The second kappa shape index (κ2) is 7.16. The highest BCUT2D eigenvalue weighted by atomic mass is 16.2. The van der Waals surface area contributed by atoms with Crippen LogP contribution in [0.5, 0.6) is 0 Å². The van der Waals surface area contributed by atoms with Gasteiger partial charge in [0.15, 0.2) is 0 Å². The van der Waals surface area contributed by atoms with E-state index in [0.29, 0.717) is 6.54 Å². The highest BCUT2D eigenvalue weighted by Gasteiger charge is 2.32. The second-order valence-electron chi connectivity index (χ2n) is 6.95. The Hall–Kier alpha value is -1.84. The largest absolute Gasteiger partial charge is 0.352 e. The van der Waals surface area contributed by atoms with E-state index >= 15 is 0 Å². The number of nitrogens with zero attached hydrogens (tertiary/aromatic N) is 1. The van der Waals surface area contributed by atoms with E-state index in [-0.39, 0.29) is 29.7 Å². The van der Waals surface area contributed by atoms with Crippen molar-refractivity contribution in [1.29, 1.82) is 0 Å². The first-order valence-corrected chi connectivity index (χ1v) is 8.82. The van der Waals surface area contributed by atoms with E-state index in [1.807, 2.05) is 42.2 Å². The monoisotopic (exact) mass is 314 g/mol. The average molecular weight is 314 g/mol. The van der Waals surface area contributed by atoms with Crippen molar-refractivity contribution >= 4 is 17.5 Å². The standard InChI is InChI=1S/C19H26N2O2/c1-14(20-18(22)15-7-5-8-15)13-21(17-11-3-2-4-12-17)19(23)16-9-6-10-16/h2-4,11-12,14-16H,5-10,13H2,1H3,(H,20,22)/t14-/m1/s1. The summed E-state index contributed by atoms with van der Waals surface area (Å²) in [7, 11) is 0. The molecule has 2 saturated carbocycles. The van der Waals surface area contributed by atoms with Crippen molar-refractivity contribution in [3.05, 3.63) is 30.3 Å². The fourth-order valence-corrected chi connectivity index (χ4v) is 3.16. The highest BCUT2D eigenvalue weighted by Crippen LogP contribution is 2.30. The number of carbonyl (C=O) groups is 2. The third kappa shape index (κ3) is 3.74. The van der Waals surface area contributed by atoms with Crippen LogP contribution in [0.3, 0.4) is 0 Å². The van der Waals surface area contributed by atoms with Gasteiger partial charge in [-0.25, -0.2) is 0 Å². The molecule has 2 amide bonds. The quantitative estimate of drug-likeness (QED) is 0.877. The minimum Gasteiger partial charge on any atom is -0.352 e. The molecule has 4 nitrogen and oxygen atoms in total. The summed E-state index contributed by atoms with van der Waals surface area (Å²) in [6, 6.07) is 9.76. The molecule has 0 spiro atoms. The van der Waals surface area contributed by atoms with Crippen molar-refractivity contribution in [3.63, 3.8) is 0 Å². The smallest absolute Gasteiger partial charge is 0.230 e. The number of nitrogens with one attached hydrogen (secondary N) is 1. The van der Waals surface area contributed by atoms with Gasteiger partial charge in [-0.2, -0.15) is 0 Å². The molecule has 0 radical (unpaired) electrons. The van der Waals surface area contributed by atoms with Crippen LogP contribution in [0.25, 0.3) is 0 Å². The molecule has 2 aliphatic rings. The minimum absolute atomic E-state index is 0.0349. The number of carbonyl (C=O) groups excluding carboxylic acids is 2. The van der Waals surface area contributed by atoms with Gasteiger partial charge in [0, 0.05) is 30.1 Å². The molecule has 2 fully saturated rings. The lowest BCUT2D eigenvalue weighted by Crippen LogP contribution is -2.49. The summed E-state index contributed by atoms with van der Waals surface area (Å²) in [6.45, 7) is 2.53. The number of hydrogen-bond acceptors (Lipinski definition) is 2. The van der Waals surface area contributed by atoms with Crippen molar-refractivity contribution < 1.29 is 9.59 Å². The summed E-state index contributed by atoms with van der Waals surface area (Å²) in [4.78, 5) is 26.7. The summed E-state index contributed by atoms with van der Waals surface area (Å²) < 4.78 is 0. The molecule has 0 bridgehead atoms. The Morgan fingerprint density at radius 1 is 1.09 bits per heavy atom. The van der Waals surface area contributed by atoms with Crippen LogP contribution in [0.1, 0.15) is 45.4 Å². The van der Waals surface area contributed by atoms with Crippen molar-refractivity contribution in [1.82, 2.24) is 5.32 Å². The van der Waals surface area contributed by atoms with E-state index in [0.717, 1.165) is 44.2 Å². The SMILES string of the molecule is C[C@H](CN(C(=O)C1CCC1)c1ccccc1)NC(=O)C1CCC1. The van der Waals surface area contributed by atoms with Crippen molar-refractivity contribution in [3.8, 4) is 0 Å². The van der Waals surface area contributed by atoms with E-state index < -0.39 is 0 Å². The molecule has 1 atom stereocenters. The first-order chi connectivity index (χ1) is 11.1. The van der Waals surface area contributed by atoms with E-state index in [1.165, 1.54) is 0 Å². The molecule has 1 aromatic carbocycles. The highest BCUT2D eigenvalue weighted by molar-refractivity contribution is 5.95. The minimum atomic E-state index is -0.0349. The van der Waals surface area contributed by atoms with Crippen LogP contribution < -0.4 is 10.2 Å². The molecule has 2 aliphatic carbocycles. The lowest BCUT2D eigenvalue weighted by Gasteiger charge is -2.34. The first kappa shape index (κ1) is 16.0. The normalized spacial score (nSPS) is 19.3. The van der Waals surface area contributed by atoms with Crippen LogP contribution >= 0.6 is 0 Å². The van der Waals surface area contributed by atoms with Crippen LogP contribution in [-0.4, -0.2) is 24.4 Å². The Morgan fingerprint density at radius 3 is 2.22 bits per heavy atom. The van der Waals surface area contributed by atoms with E-state index in [9.17, 15) is 9.59 Å². The van der Waals surface area contributed by atoms with Crippen molar-refractivity contribution in [2.75, 3.05) is 11.4 Å². The summed E-state index contributed by atoms with van der Waals surface area (Å²) >= 11 is 0. The molecule has 124 valence electrons. The summed E-state index contributed by atoms with van der Waals surface area (Å²) in [5.41, 5.74) is 0.925. The predicted molar refractivity (Wildman–Crippen MR) is 91.1 cm³/mol. The number of amides is 2. The van der Waals surface area contributed by atoms with Crippen molar-refractivity contribution in [2.45, 2.75) is 51.5 Å². The Kier molecular flexibility index (Phi) is 4.99. The Labute approximate surface area is 138 Å². The second-order valence-corrected chi connectivity index (χ2v) is 6.95. The van der Waals surface area contributed by atoms with Crippen molar-refractivity contribution in [2.24, 2.45) is 11.8 Å². The summed E-state index contributed by atoms with van der Waals surface area (Å²) in [5, 5.41) is 3.08. The molecule has 0 saturated heterocycles.